The van der Waals surface area contributed by atoms with Crippen LogP contribution < -0.4 is 0 Å². The van der Waals surface area contributed by atoms with Crippen molar-refractivity contribution in [2.45, 2.75) is 6.42 Å². The molecule has 1 rings (SSSR count). The largest absolute Gasteiger partial charge is 2.00 e. The van der Waals surface area contributed by atoms with E-state index < -0.39 is 7.81 Å². The molecular formula is C11H11F6FeO5P+. The van der Waals surface area contributed by atoms with Gasteiger partial charge in [0.25, 0.3) is 0 Å². The van der Waals surface area contributed by atoms with Crippen LogP contribution in [0.4, 0.5) is 25.2 Å². The van der Waals surface area contributed by atoms with E-state index in [0.717, 1.165) is 18.6 Å². The van der Waals surface area contributed by atoms with Crippen LogP contribution in [-0.2, 0) is 40.5 Å². The summed E-state index contributed by atoms with van der Waals surface area (Å²) < 4.78 is 91.7. The molecule has 1 fully saturated rings. The molecule has 0 unspecified atom stereocenters. The van der Waals surface area contributed by atoms with Crippen molar-refractivity contribution in [1.29, 1.82) is 0 Å². The Balaban J connectivity index is -0.0000000762. The molecule has 1 aliphatic carbocycles. The molecule has 0 saturated heterocycles. The molecule has 0 atom stereocenters. The Morgan fingerprint density at radius 1 is 0.833 bits per heavy atom. The van der Waals surface area contributed by atoms with Gasteiger partial charge in [-0.2, -0.15) is 0 Å². The molecule has 0 amide bonds. The van der Waals surface area contributed by atoms with Gasteiger partial charge in [0.2, 0.25) is 0 Å². The Morgan fingerprint density at radius 2 is 1.17 bits per heavy atom. The second kappa shape index (κ2) is 15.0. The molecule has 0 aromatic rings. The zero-order valence-corrected chi connectivity index (χ0v) is 14.0. The maximum atomic E-state index is 9.87. The summed E-state index contributed by atoms with van der Waals surface area (Å²) in [5, 5.41) is 0. The summed E-state index contributed by atoms with van der Waals surface area (Å²) >= 11 is 0. The quantitative estimate of drug-likeness (QED) is 0.213. The van der Waals surface area contributed by atoms with Crippen molar-refractivity contribution in [3.63, 3.8) is 0 Å². The minimum atomic E-state index is -10.7. The first-order valence-corrected chi connectivity index (χ1v) is 6.84. The monoisotopic (exact) mass is 424 g/mol. The maximum Gasteiger partial charge on any atom is 2.00 e. The summed E-state index contributed by atoms with van der Waals surface area (Å²) in [7, 11) is -7.32. The molecule has 0 spiro atoms. The summed E-state index contributed by atoms with van der Waals surface area (Å²) in [4.78, 5) is 0. The van der Waals surface area contributed by atoms with E-state index in [1.165, 1.54) is 0 Å². The predicted octanol–water partition coefficient (Wildman–Crippen LogP) is 4.63. The van der Waals surface area contributed by atoms with Gasteiger partial charge in [0.1, 0.15) is 12.2 Å². The average Bonchev–Trinajstić information content (AvgIpc) is 2.50. The van der Waals surface area contributed by atoms with Gasteiger partial charge in [-0.05, 0) is 12.8 Å². The number of rotatable bonds is 2. The summed E-state index contributed by atoms with van der Waals surface area (Å²) in [6.45, 7) is 13.5. The molecule has 1 saturated carbocycles. The van der Waals surface area contributed by atoms with E-state index in [4.69, 9.17) is 23.4 Å². The van der Waals surface area contributed by atoms with Gasteiger partial charge >= 0.3 is 84.0 Å². The number of hydrogen-bond donors (Lipinski definition) is 0. The first-order valence-electron chi connectivity index (χ1n) is 4.81. The second-order valence-electron chi connectivity index (χ2n) is 2.98. The van der Waals surface area contributed by atoms with Crippen molar-refractivity contribution < 1.29 is 65.7 Å². The van der Waals surface area contributed by atoms with E-state index >= 15 is 0 Å². The molecule has 5 radical (unpaired) electrons. The molecule has 5 nitrogen and oxygen atoms in total. The number of halogens is 6. The molecular weight excluding hydrogens is 413 g/mol. The Kier molecular flexibility index (Phi) is 21.8. The summed E-state index contributed by atoms with van der Waals surface area (Å²) in [6.07, 6.45) is 8.50. The van der Waals surface area contributed by atoms with E-state index in [9.17, 15) is 25.2 Å². The zero-order chi connectivity index (χ0) is 19.8. The fourth-order valence-corrected chi connectivity index (χ4v) is 0.815. The van der Waals surface area contributed by atoms with Crippen LogP contribution in [0.3, 0.4) is 0 Å². The van der Waals surface area contributed by atoms with Gasteiger partial charge in [0, 0.05) is 27.1 Å². The topological polar surface area (TPSA) is 78.2 Å². The van der Waals surface area contributed by atoms with Crippen LogP contribution in [0.2, 0.25) is 0 Å². The summed E-state index contributed by atoms with van der Waals surface area (Å²) in [5.41, 5.74) is 0. The Bertz CT molecular complexity index is 310. The standard InChI is InChI=1S/C8H11O2.3CO.F6P.Fe/c1-9-7-3-5-8(10-2)6-4-7;3*1-2;1-7(2,3,4,5)6;/h3-5H,6H2,1-2H3;;;;;/q;;;;-1;+2. The van der Waals surface area contributed by atoms with Crippen molar-refractivity contribution in [2.75, 3.05) is 14.2 Å². The fourth-order valence-electron chi connectivity index (χ4n) is 0.815. The smallest absolute Gasteiger partial charge is 2.00 e. The third-order valence-electron chi connectivity index (χ3n) is 1.44. The molecule has 1 aliphatic rings. The molecule has 0 aliphatic heterocycles. The Hall–Kier alpha value is -0.331. The van der Waals surface area contributed by atoms with Gasteiger partial charge in [0.15, 0.2) is 0 Å². The third-order valence-corrected chi connectivity index (χ3v) is 1.44. The molecule has 13 heteroatoms. The van der Waals surface area contributed by atoms with Gasteiger partial charge in [0.05, 0.1) is 0 Å². The SMILES string of the molecule is CO[C]1[CH][CH][C](OC)C[CH]1.F[P-](F)(F)(F)(F)F.[C-]#[O+].[C-]#[O+].[C-]#[O+].[Fe+2]. The normalized spacial score (nSPS) is 16.8. The zero-order valence-electron chi connectivity index (χ0n) is 12.0. The first kappa shape index (κ1) is 34.9. The fraction of sp³-hybridized carbons (Fsp3) is 0.273. The number of hydrogen-bond acceptors (Lipinski definition) is 2. The van der Waals surface area contributed by atoms with Crippen LogP contribution >= 0.6 is 7.81 Å². The van der Waals surface area contributed by atoms with Crippen molar-refractivity contribution >= 4 is 7.81 Å². The van der Waals surface area contributed by atoms with Gasteiger partial charge in [-0.3, -0.25) is 0 Å². The first-order chi connectivity index (χ1) is 10.3. The van der Waals surface area contributed by atoms with Crippen LogP contribution in [0.15, 0.2) is 0 Å². The summed E-state index contributed by atoms with van der Waals surface area (Å²) in [5.74, 6) is 0. The number of methoxy groups -OCH3 is 2. The van der Waals surface area contributed by atoms with E-state index in [-0.39, 0.29) is 17.1 Å². The molecule has 0 bridgehead atoms. The molecule has 0 aromatic heterocycles. The van der Waals surface area contributed by atoms with Crippen LogP contribution in [0.1, 0.15) is 6.42 Å². The minimum Gasteiger partial charge on any atom is 2.00 e. The van der Waals surface area contributed by atoms with E-state index in [1.54, 1.807) is 14.2 Å². The van der Waals surface area contributed by atoms with Gasteiger partial charge in [-0.15, -0.1) is 0 Å². The molecule has 0 N–H and O–H groups in total. The minimum absolute atomic E-state index is 0. The molecule has 0 heterocycles. The Labute approximate surface area is 146 Å². The van der Waals surface area contributed by atoms with Crippen molar-refractivity contribution in [2.24, 2.45) is 0 Å². The van der Waals surface area contributed by atoms with Crippen LogP contribution in [0, 0.1) is 51.4 Å². The molecule has 24 heavy (non-hydrogen) atoms. The van der Waals surface area contributed by atoms with E-state index in [1.807, 2.05) is 19.3 Å². The van der Waals surface area contributed by atoms with E-state index in [0.29, 0.717) is 0 Å². The second-order valence-corrected chi connectivity index (χ2v) is 4.89. The maximum absolute atomic E-state index is 10.7. The van der Waals surface area contributed by atoms with Gasteiger partial charge < -0.3 is 9.47 Å². The average molecular weight is 424 g/mol. The van der Waals surface area contributed by atoms with Crippen molar-refractivity contribution in [1.82, 2.24) is 0 Å². The van der Waals surface area contributed by atoms with Crippen molar-refractivity contribution in [3.8, 4) is 0 Å². The van der Waals surface area contributed by atoms with Gasteiger partial charge in [-0.1, -0.05) is 0 Å². The number of ether oxygens (including phenoxy) is 2. The molecule has 139 valence electrons. The van der Waals surface area contributed by atoms with Crippen LogP contribution in [-0.4, -0.2) is 14.2 Å². The molecule has 0 aromatic carbocycles. The predicted molar refractivity (Wildman–Crippen MR) is 63.4 cm³/mol. The third kappa shape index (κ3) is 49.5. The van der Waals surface area contributed by atoms with Gasteiger partial charge in [-0.25, -0.2) is 0 Å². The van der Waals surface area contributed by atoms with Crippen LogP contribution in [0.5, 0.6) is 0 Å². The van der Waals surface area contributed by atoms with Crippen LogP contribution in [0.25, 0.3) is 0 Å². The Morgan fingerprint density at radius 3 is 1.33 bits per heavy atom. The van der Waals surface area contributed by atoms with E-state index in [2.05, 4.69) is 20.0 Å². The van der Waals surface area contributed by atoms with Crippen molar-refractivity contribution in [3.05, 3.63) is 51.4 Å². The summed E-state index contributed by atoms with van der Waals surface area (Å²) in [6, 6.07) is 0.